The molecule has 0 aromatic heterocycles. The van der Waals surface area contributed by atoms with Crippen LogP contribution >= 0.6 is 7.26 Å². The van der Waals surface area contributed by atoms with Crippen molar-refractivity contribution in [2.75, 3.05) is 24.6 Å². The van der Waals surface area contributed by atoms with Crippen LogP contribution in [0.4, 0.5) is 0 Å². The summed E-state index contributed by atoms with van der Waals surface area (Å²) in [5.41, 5.74) is 0. The first kappa shape index (κ1) is 33.9. The number of unbranched alkanes of at least 4 members (excludes halogenated alkanes) is 17. The zero-order valence-corrected chi connectivity index (χ0v) is 24.2. The van der Waals surface area contributed by atoms with E-state index in [9.17, 15) is 0 Å². The Kier molecular flexibility index (Phi) is 29.5. The molecule has 0 unspecified atom stereocenters. The molecule has 0 aromatic rings. The summed E-state index contributed by atoms with van der Waals surface area (Å²) in [7, 11) is -0.665. The molecule has 0 saturated carbocycles. The van der Waals surface area contributed by atoms with Crippen LogP contribution in [0.25, 0.3) is 0 Å². The fourth-order valence-corrected chi connectivity index (χ4v) is 9.97. The van der Waals surface area contributed by atoms with E-state index in [2.05, 4.69) is 27.7 Å². The first-order valence-electron chi connectivity index (χ1n) is 14.6. The molecule has 0 aliphatic heterocycles. The van der Waals surface area contributed by atoms with Gasteiger partial charge in [-0.15, -0.1) is 0 Å². The summed E-state index contributed by atoms with van der Waals surface area (Å²) in [6, 6.07) is 0. The fourth-order valence-electron chi connectivity index (χ4n) is 5.05. The number of hydrogen-bond donors (Lipinski definition) is 0. The van der Waals surface area contributed by atoms with Gasteiger partial charge in [0.15, 0.2) is 0 Å². The molecule has 2 heteroatoms. The predicted molar refractivity (Wildman–Crippen MR) is 146 cm³/mol. The maximum Gasteiger partial charge on any atom is 0.0594 e. The maximum atomic E-state index is 2.37. The molecular weight excluding hydrogens is 415 g/mol. The quantitative estimate of drug-likeness (QED) is 0.0917. The first-order chi connectivity index (χ1) is 14.7. The van der Waals surface area contributed by atoms with Gasteiger partial charge in [0.2, 0.25) is 0 Å². The van der Waals surface area contributed by atoms with E-state index in [0.29, 0.717) is 0 Å². The van der Waals surface area contributed by atoms with Crippen molar-refractivity contribution in [1.29, 1.82) is 0 Å². The van der Waals surface area contributed by atoms with Crippen molar-refractivity contribution in [3.8, 4) is 0 Å². The Morgan fingerprint density at radius 1 is 0.290 bits per heavy atom. The van der Waals surface area contributed by atoms with Crippen molar-refractivity contribution in [3.05, 3.63) is 0 Å². The average Bonchev–Trinajstić information content (AvgIpc) is 2.75. The first-order valence-corrected chi connectivity index (χ1v) is 17.1. The van der Waals surface area contributed by atoms with Gasteiger partial charge in [-0.1, -0.05) is 130 Å². The van der Waals surface area contributed by atoms with E-state index >= 15 is 0 Å². The minimum atomic E-state index is -0.665. The summed E-state index contributed by atoms with van der Waals surface area (Å²) in [5, 5.41) is 0. The van der Waals surface area contributed by atoms with E-state index in [1.807, 2.05) is 0 Å². The number of hydrogen-bond acceptors (Lipinski definition) is 0. The van der Waals surface area contributed by atoms with Gasteiger partial charge < -0.3 is 12.4 Å². The van der Waals surface area contributed by atoms with Crippen molar-refractivity contribution in [1.82, 2.24) is 0 Å². The summed E-state index contributed by atoms with van der Waals surface area (Å²) in [4.78, 5) is 0. The van der Waals surface area contributed by atoms with Crippen molar-refractivity contribution in [2.24, 2.45) is 0 Å². The van der Waals surface area contributed by atoms with Gasteiger partial charge in [0.1, 0.15) is 0 Å². The van der Waals surface area contributed by atoms with Gasteiger partial charge in [-0.3, -0.25) is 0 Å². The molecule has 0 bridgehead atoms. The standard InChI is InChI=1S/C29H62P.ClH/c1-5-9-13-14-15-16-17-18-19-20-21-25-29-30(26-22-10-6-2,27-23-11-7-3)28-24-12-8-4;/h5-29H2,1-4H3;1H/q+1;/p-1. The molecule has 0 amide bonds. The van der Waals surface area contributed by atoms with Crippen LogP contribution in [0.2, 0.25) is 0 Å². The van der Waals surface area contributed by atoms with Crippen LogP contribution in [0.3, 0.4) is 0 Å². The van der Waals surface area contributed by atoms with Gasteiger partial charge in [0, 0.05) is 7.26 Å². The Hall–Kier alpha value is 0.720. The highest BCUT2D eigenvalue weighted by Crippen LogP contribution is 2.61. The minimum absolute atomic E-state index is 0. The molecule has 0 nitrogen and oxygen atoms in total. The van der Waals surface area contributed by atoms with E-state index in [1.165, 1.54) is 128 Å². The monoisotopic (exact) mass is 476 g/mol. The topological polar surface area (TPSA) is 0 Å². The Bertz CT molecular complexity index is 291. The van der Waals surface area contributed by atoms with E-state index in [0.717, 1.165) is 0 Å². The SMILES string of the molecule is CCCCCCCCCCCCCC[P+](CCCCC)(CCCCC)CCCCC.[Cl-]. The Morgan fingerprint density at radius 2 is 0.484 bits per heavy atom. The molecule has 0 radical (unpaired) electrons. The van der Waals surface area contributed by atoms with Crippen LogP contribution in [0.5, 0.6) is 0 Å². The second-order valence-electron chi connectivity index (χ2n) is 10.2. The zero-order valence-electron chi connectivity index (χ0n) is 22.5. The van der Waals surface area contributed by atoms with E-state index in [4.69, 9.17) is 0 Å². The summed E-state index contributed by atoms with van der Waals surface area (Å²) < 4.78 is 0. The van der Waals surface area contributed by atoms with E-state index in [1.54, 1.807) is 31.1 Å². The van der Waals surface area contributed by atoms with Crippen molar-refractivity contribution >= 4 is 7.26 Å². The summed E-state index contributed by atoms with van der Waals surface area (Å²) in [5.74, 6) is 0. The third kappa shape index (κ3) is 22.3. The molecule has 0 atom stereocenters. The molecule has 0 heterocycles. The highest BCUT2D eigenvalue weighted by molar-refractivity contribution is 7.75. The van der Waals surface area contributed by atoms with Gasteiger partial charge in [0.05, 0.1) is 24.6 Å². The Balaban J connectivity index is 0. The second kappa shape index (κ2) is 27.0. The molecule has 0 aliphatic rings. The molecule has 0 spiro atoms. The normalized spacial score (nSPS) is 11.6. The van der Waals surface area contributed by atoms with Crippen molar-refractivity contribution in [2.45, 2.75) is 163 Å². The molecule has 0 aliphatic carbocycles. The fraction of sp³-hybridized carbons (Fsp3) is 1.00. The molecule has 0 fully saturated rings. The molecule has 31 heavy (non-hydrogen) atoms. The van der Waals surface area contributed by atoms with Crippen LogP contribution in [0.1, 0.15) is 163 Å². The summed E-state index contributed by atoms with van der Waals surface area (Å²) in [6.07, 6.45) is 37.5. The molecule has 0 rings (SSSR count). The average molecular weight is 477 g/mol. The molecule has 0 aromatic carbocycles. The van der Waals surface area contributed by atoms with Gasteiger partial charge in [-0.05, 0) is 32.1 Å². The zero-order chi connectivity index (χ0) is 22.2. The lowest BCUT2D eigenvalue weighted by Crippen LogP contribution is -3.00. The third-order valence-electron chi connectivity index (χ3n) is 7.19. The Labute approximate surface area is 206 Å². The maximum absolute atomic E-state index is 2.37. The van der Waals surface area contributed by atoms with Gasteiger partial charge in [0.25, 0.3) is 0 Å². The largest absolute Gasteiger partial charge is 1.00 e. The summed E-state index contributed by atoms with van der Waals surface area (Å²) >= 11 is 0. The van der Waals surface area contributed by atoms with E-state index in [-0.39, 0.29) is 12.4 Å². The molecular formula is C29H62ClP. The van der Waals surface area contributed by atoms with Gasteiger partial charge in [-0.25, -0.2) is 0 Å². The van der Waals surface area contributed by atoms with Gasteiger partial charge in [-0.2, -0.15) is 0 Å². The van der Waals surface area contributed by atoms with Crippen molar-refractivity contribution < 1.29 is 12.4 Å². The Morgan fingerprint density at radius 3 is 0.774 bits per heavy atom. The molecule has 0 saturated heterocycles. The van der Waals surface area contributed by atoms with Crippen LogP contribution in [-0.2, 0) is 0 Å². The highest BCUT2D eigenvalue weighted by atomic mass is 35.5. The number of halogens is 1. The lowest BCUT2D eigenvalue weighted by Gasteiger charge is -2.28. The molecule has 190 valence electrons. The second-order valence-corrected chi connectivity index (χ2v) is 14.7. The van der Waals surface area contributed by atoms with E-state index < -0.39 is 7.26 Å². The molecule has 0 N–H and O–H groups in total. The van der Waals surface area contributed by atoms with Gasteiger partial charge >= 0.3 is 0 Å². The number of rotatable bonds is 25. The van der Waals surface area contributed by atoms with Crippen LogP contribution in [0, 0.1) is 0 Å². The minimum Gasteiger partial charge on any atom is -1.00 e. The smallest absolute Gasteiger partial charge is 0.0594 e. The van der Waals surface area contributed by atoms with Crippen LogP contribution in [-0.4, -0.2) is 24.6 Å². The third-order valence-corrected chi connectivity index (χ3v) is 12.3. The summed E-state index contributed by atoms with van der Waals surface area (Å²) in [6.45, 7) is 9.44. The predicted octanol–water partition coefficient (Wildman–Crippen LogP) is 8.28. The van der Waals surface area contributed by atoms with Crippen LogP contribution < -0.4 is 12.4 Å². The van der Waals surface area contributed by atoms with Crippen LogP contribution in [0.15, 0.2) is 0 Å². The lowest BCUT2D eigenvalue weighted by atomic mass is 10.1. The highest BCUT2D eigenvalue weighted by Gasteiger charge is 2.34. The van der Waals surface area contributed by atoms with Crippen molar-refractivity contribution in [3.63, 3.8) is 0 Å². The lowest BCUT2D eigenvalue weighted by molar-refractivity contribution is -0.00000690.